The van der Waals surface area contributed by atoms with E-state index in [1.807, 2.05) is 0 Å². The van der Waals surface area contributed by atoms with Gasteiger partial charge in [-0.1, -0.05) is 23.2 Å². The highest BCUT2D eigenvalue weighted by molar-refractivity contribution is 7.89. The van der Waals surface area contributed by atoms with Crippen LogP contribution in [0.5, 0.6) is 5.75 Å². The van der Waals surface area contributed by atoms with Crippen LogP contribution < -0.4 is 10.1 Å². The summed E-state index contributed by atoms with van der Waals surface area (Å²) < 4.78 is 38.6. The molecule has 24 heavy (non-hydrogen) atoms. The summed E-state index contributed by atoms with van der Waals surface area (Å²) in [7, 11) is -2.30. The van der Waals surface area contributed by atoms with Gasteiger partial charge in [0.15, 0.2) is 0 Å². The van der Waals surface area contributed by atoms with Crippen molar-refractivity contribution in [2.75, 3.05) is 39.9 Å². The second kappa shape index (κ2) is 6.97. The lowest BCUT2D eigenvalue weighted by atomic mass is 9.91. The van der Waals surface area contributed by atoms with E-state index in [4.69, 9.17) is 32.7 Å². The summed E-state index contributed by atoms with van der Waals surface area (Å²) in [5.41, 5.74) is -0.417. The van der Waals surface area contributed by atoms with Crippen LogP contribution in [0.15, 0.2) is 17.0 Å². The van der Waals surface area contributed by atoms with Crippen LogP contribution in [-0.4, -0.2) is 58.2 Å². The number of sulfonamides is 1. The number of nitrogens with zero attached hydrogens (tertiary/aromatic N) is 1. The zero-order valence-corrected chi connectivity index (χ0v) is 15.7. The Bertz CT molecular complexity index is 715. The lowest BCUT2D eigenvalue weighted by molar-refractivity contribution is -0.105. The number of ether oxygens (including phenoxy) is 2. The fraction of sp³-hybridized carbons (Fsp3) is 0.600. The van der Waals surface area contributed by atoms with Crippen LogP contribution in [0.25, 0.3) is 0 Å². The van der Waals surface area contributed by atoms with Crippen molar-refractivity contribution < 1.29 is 17.9 Å². The molecule has 0 aliphatic carbocycles. The Kier molecular flexibility index (Phi) is 5.30. The molecule has 2 heterocycles. The minimum atomic E-state index is -3.75. The van der Waals surface area contributed by atoms with E-state index in [0.717, 1.165) is 25.9 Å². The predicted molar refractivity (Wildman–Crippen MR) is 92.6 cm³/mol. The normalized spacial score (nSPS) is 21.8. The molecule has 1 aromatic rings. The number of benzene rings is 1. The topological polar surface area (TPSA) is 67.9 Å². The highest BCUT2D eigenvalue weighted by Gasteiger charge is 2.42. The number of hydrogen-bond acceptors (Lipinski definition) is 5. The van der Waals surface area contributed by atoms with E-state index in [2.05, 4.69) is 5.32 Å². The summed E-state index contributed by atoms with van der Waals surface area (Å²) in [4.78, 5) is 0.000881. The molecule has 0 atom stereocenters. The summed E-state index contributed by atoms with van der Waals surface area (Å²) in [5.74, 6) is 0.345. The second-order valence-electron chi connectivity index (χ2n) is 6.04. The Balaban J connectivity index is 1.91. The van der Waals surface area contributed by atoms with Gasteiger partial charge < -0.3 is 14.8 Å². The molecule has 2 saturated heterocycles. The van der Waals surface area contributed by atoms with Gasteiger partial charge >= 0.3 is 0 Å². The van der Waals surface area contributed by atoms with Crippen molar-refractivity contribution in [1.29, 1.82) is 0 Å². The molecule has 9 heteroatoms. The molecule has 0 radical (unpaired) electrons. The Morgan fingerprint density at radius 2 is 1.96 bits per heavy atom. The fourth-order valence-corrected chi connectivity index (χ4v) is 5.53. The minimum Gasteiger partial charge on any atom is -0.495 e. The van der Waals surface area contributed by atoms with E-state index in [0.29, 0.717) is 25.4 Å². The number of morpholine rings is 1. The third-order valence-electron chi connectivity index (χ3n) is 4.55. The van der Waals surface area contributed by atoms with Crippen molar-refractivity contribution in [2.45, 2.75) is 23.3 Å². The van der Waals surface area contributed by atoms with E-state index in [-0.39, 0.29) is 14.9 Å². The quantitative estimate of drug-likeness (QED) is 0.850. The van der Waals surface area contributed by atoms with E-state index in [1.54, 1.807) is 0 Å². The summed E-state index contributed by atoms with van der Waals surface area (Å²) >= 11 is 12.3. The molecule has 0 saturated carbocycles. The van der Waals surface area contributed by atoms with Crippen LogP contribution in [0.4, 0.5) is 0 Å². The van der Waals surface area contributed by atoms with Gasteiger partial charge in [-0.15, -0.1) is 0 Å². The first-order valence-electron chi connectivity index (χ1n) is 7.76. The van der Waals surface area contributed by atoms with Gasteiger partial charge in [0.25, 0.3) is 0 Å². The number of halogens is 2. The van der Waals surface area contributed by atoms with Crippen LogP contribution in [-0.2, 0) is 14.8 Å². The van der Waals surface area contributed by atoms with Crippen molar-refractivity contribution in [3.63, 3.8) is 0 Å². The molecule has 1 aromatic carbocycles. The van der Waals surface area contributed by atoms with E-state index in [1.165, 1.54) is 23.5 Å². The highest BCUT2D eigenvalue weighted by Crippen LogP contribution is 2.36. The van der Waals surface area contributed by atoms with Crippen molar-refractivity contribution >= 4 is 33.2 Å². The van der Waals surface area contributed by atoms with Gasteiger partial charge in [-0.3, -0.25) is 0 Å². The monoisotopic (exact) mass is 394 g/mol. The molecule has 1 N–H and O–H groups in total. The van der Waals surface area contributed by atoms with Crippen LogP contribution in [0.1, 0.15) is 12.8 Å². The molecule has 134 valence electrons. The van der Waals surface area contributed by atoms with Crippen LogP contribution in [0.2, 0.25) is 10.0 Å². The average molecular weight is 395 g/mol. The van der Waals surface area contributed by atoms with Crippen LogP contribution >= 0.6 is 23.2 Å². The molecule has 1 spiro atoms. The first-order chi connectivity index (χ1) is 11.4. The minimum absolute atomic E-state index is 0.000881. The average Bonchev–Trinajstić information content (AvgIpc) is 2.57. The first-order valence-corrected chi connectivity index (χ1v) is 9.95. The van der Waals surface area contributed by atoms with E-state index >= 15 is 0 Å². The first kappa shape index (κ1) is 18.2. The van der Waals surface area contributed by atoms with Crippen molar-refractivity contribution in [1.82, 2.24) is 9.62 Å². The summed E-state index contributed by atoms with van der Waals surface area (Å²) in [5, 5.41) is 3.58. The molecule has 3 rings (SSSR count). The zero-order chi connectivity index (χ0) is 17.4. The number of hydrogen-bond donors (Lipinski definition) is 1. The Labute approximate surface area is 152 Å². The maximum Gasteiger partial charge on any atom is 0.244 e. The van der Waals surface area contributed by atoms with Crippen LogP contribution in [0.3, 0.4) is 0 Å². The predicted octanol–water partition coefficient (Wildman–Crippen LogP) is 2.15. The fourth-order valence-electron chi connectivity index (χ4n) is 3.20. The van der Waals surface area contributed by atoms with Gasteiger partial charge in [0.2, 0.25) is 10.0 Å². The van der Waals surface area contributed by atoms with Gasteiger partial charge in [0.1, 0.15) is 10.6 Å². The molecule has 6 nitrogen and oxygen atoms in total. The number of rotatable bonds is 3. The van der Waals surface area contributed by atoms with Gasteiger partial charge in [-0.25, -0.2) is 8.42 Å². The van der Waals surface area contributed by atoms with Gasteiger partial charge in [-0.05, 0) is 32.0 Å². The maximum atomic E-state index is 13.1. The molecule has 2 fully saturated rings. The molecule has 0 bridgehead atoms. The third kappa shape index (κ3) is 3.38. The van der Waals surface area contributed by atoms with Crippen molar-refractivity contribution in [3.05, 3.63) is 22.2 Å². The third-order valence-corrected chi connectivity index (χ3v) is 7.16. The van der Waals surface area contributed by atoms with E-state index < -0.39 is 15.6 Å². The Hall–Kier alpha value is -0.570. The summed E-state index contributed by atoms with van der Waals surface area (Å²) in [6.45, 7) is 2.65. The summed E-state index contributed by atoms with van der Waals surface area (Å²) in [6, 6.07) is 2.78. The maximum absolute atomic E-state index is 13.1. The number of methoxy groups -OCH3 is 1. The highest BCUT2D eigenvalue weighted by atomic mass is 35.5. The molecule has 0 unspecified atom stereocenters. The zero-order valence-electron chi connectivity index (χ0n) is 13.3. The van der Waals surface area contributed by atoms with Crippen molar-refractivity contribution in [3.8, 4) is 5.75 Å². The standard InChI is InChI=1S/C15H20Cl2N2O4S/c1-22-13-8-12(17)14(9-11(13)16)24(20,21)19-6-7-23-15(10-19)2-4-18-5-3-15/h8-9,18H,2-7,10H2,1H3. The van der Waals surface area contributed by atoms with Gasteiger partial charge in [0, 0.05) is 19.2 Å². The Morgan fingerprint density at radius 3 is 2.62 bits per heavy atom. The molecule has 2 aliphatic heterocycles. The smallest absolute Gasteiger partial charge is 0.244 e. The van der Waals surface area contributed by atoms with Gasteiger partial charge in [0.05, 0.1) is 29.4 Å². The SMILES string of the molecule is COc1cc(Cl)c(S(=O)(=O)N2CCOC3(CCNCC3)C2)cc1Cl. The van der Waals surface area contributed by atoms with Crippen molar-refractivity contribution in [2.24, 2.45) is 0 Å². The number of piperidine rings is 1. The molecular formula is C15H20Cl2N2O4S. The molecule has 0 aromatic heterocycles. The Morgan fingerprint density at radius 1 is 1.25 bits per heavy atom. The van der Waals surface area contributed by atoms with Gasteiger partial charge in [-0.2, -0.15) is 4.31 Å². The lowest BCUT2D eigenvalue weighted by Gasteiger charge is -2.44. The molecule has 0 amide bonds. The second-order valence-corrected chi connectivity index (χ2v) is 8.76. The summed E-state index contributed by atoms with van der Waals surface area (Å²) in [6.07, 6.45) is 1.58. The number of nitrogens with one attached hydrogen (secondary N) is 1. The molecule has 2 aliphatic rings. The van der Waals surface area contributed by atoms with E-state index in [9.17, 15) is 8.42 Å². The lowest BCUT2D eigenvalue weighted by Crippen LogP contribution is -2.57. The largest absolute Gasteiger partial charge is 0.495 e. The molecular weight excluding hydrogens is 375 g/mol. The van der Waals surface area contributed by atoms with Crippen LogP contribution in [0, 0.1) is 0 Å².